The summed E-state index contributed by atoms with van der Waals surface area (Å²) in [6.45, 7) is 4.22. The van der Waals surface area contributed by atoms with Crippen LogP contribution < -0.4 is 5.32 Å². The number of hydrogen-bond donors (Lipinski definition) is 1. The van der Waals surface area contributed by atoms with Gasteiger partial charge in [-0.3, -0.25) is 14.4 Å². The molecule has 0 aliphatic carbocycles. The first kappa shape index (κ1) is 16.6. The molecule has 1 aliphatic rings. The van der Waals surface area contributed by atoms with Crippen molar-refractivity contribution >= 4 is 22.8 Å². The maximum absolute atomic E-state index is 11.8. The Balaban J connectivity index is 1.64. The minimum Gasteiger partial charge on any atom is -0.367 e. The first-order valence-corrected chi connectivity index (χ1v) is 8.29. The van der Waals surface area contributed by atoms with Crippen molar-refractivity contribution in [3.63, 3.8) is 0 Å². The van der Waals surface area contributed by atoms with Crippen LogP contribution in [0.1, 0.15) is 18.7 Å². The van der Waals surface area contributed by atoms with Gasteiger partial charge >= 0.3 is 0 Å². The number of nitrogens with one attached hydrogen (secondary N) is 1. The Kier molecular flexibility index (Phi) is 4.66. The summed E-state index contributed by atoms with van der Waals surface area (Å²) < 4.78 is 1.77. The van der Waals surface area contributed by atoms with Gasteiger partial charge in [-0.15, -0.1) is 0 Å². The average Bonchev–Trinajstić information content (AvgIpc) is 2.90. The van der Waals surface area contributed by atoms with E-state index in [9.17, 15) is 4.79 Å². The predicted molar refractivity (Wildman–Crippen MR) is 92.8 cm³/mol. The topological polar surface area (TPSA) is 79.2 Å². The smallest absolute Gasteiger partial charge is 0.236 e. The molecule has 8 nitrogen and oxygen atoms in total. The van der Waals surface area contributed by atoms with Crippen LogP contribution in [0.2, 0.25) is 0 Å². The lowest BCUT2D eigenvalue weighted by molar-refractivity contribution is -0.130. The molecular weight excluding hydrogens is 306 g/mol. The summed E-state index contributed by atoms with van der Waals surface area (Å²) in [4.78, 5) is 24.7. The second-order valence-electron chi connectivity index (χ2n) is 6.61. The molecule has 0 atom stereocenters. The SMILES string of the molecule is Cc1nc(NC2CCN(CC(=O)N(C)C)CC2)c2cnn(C)c2n1. The van der Waals surface area contributed by atoms with Crippen molar-refractivity contribution in [2.75, 3.05) is 39.0 Å². The number of aryl methyl sites for hydroxylation is 2. The first-order chi connectivity index (χ1) is 11.4. The molecule has 2 aromatic heterocycles. The Morgan fingerprint density at radius 2 is 2.04 bits per heavy atom. The largest absolute Gasteiger partial charge is 0.367 e. The summed E-state index contributed by atoms with van der Waals surface area (Å²) in [7, 11) is 5.49. The lowest BCUT2D eigenvalue weighted by Crippen LogP contribution is -2.44. The van der Waals surface area contributed by atoms with Crippen LogP contribution in [-0.2, 0) is 11.8 Å². The third-order valence-electron chi connectivity index (χ3n) is 4.49. The molecule has 130 valence electrons. The summed E-state index contributed by atoms with van der Waals surface area (Å²) in [5.41, 5.74) is 0.846. The van der Waals surface area contributed by atoms with Gasteiger partial charge in [0, 0.05) is 40.3 Å². The summed E-state index contributed by atoms with van der Waals surface area (Å²) in [5, 5.41) is 8.78. The van der Waals surface area contributed by atoms with E-state index in [1.165, 1.54) is 0 Å². The normalized spacial score (nSPS) is 16.5. The van der Waals surface area contributed by atoms with Crippen LogP contribution in [0.3, 0.4) is 0 Å². The van der Waals surface area contributed by atoms with Gasteiger partial charge in [0.15, 0.2) is 5.65 Å². The highest BCUT2D eigenvalue weighted by atomic mass is 16.2. The average molecular weight is 331 g/mol. The molecule has 2 aromatic rings. The molecule has 0 unspecified atom stereocenters. The van der Waals surface area contributed by atoms with Crippen molar-refractivity contribution in [2.45, 2.75) is 25.8 Å². The Hall–Kier alpha value is -2.22. The molecule has 24 heavy (non-hydrogen) atoms. The number of carbonyl (C=O) groups excluding carboxylic acids is 1. The monoisotopic (exact) mass is 331 g/mol. The summed E-state index contributed by atoms with van der Waals surface area (Å²) in [5.74, 6) is 1.75. The maximum atomic E-state index is 11.8. The van der Waals surface area contributed by atoms with E-state index < -0.39 is 0 Å². The van der Waals surface area contributed by atoms with E-state index in [1.54, 1.807) is 23.7 Å². The van der Waals surface area contributed by atoms with Crippen molar-refractivity contribution in [2.24, 2.45) is 7.05 Å². The highest BCUT2D eigenvalue weighted by molar-refractivity contribution is 5.86. The number of likely N-dealkylation sites (tertiary alicyclic amines) is 1. The summed E-state index contributed by atoms with van der Waals surface area (Å²) in [6.07, 6.45) is 3.79. The van der Waals surface area contributed by atoms with Gasteiger partial charge in [-0.2, -0.15) is 5.10 Å². The van der Waals surface area contributed by atoms with Crippen molar-refractivity contribution in [3.8, 4) is 0 Å². The fraction of sp³-hybridized carbons (Fsp3) is 0.625. The van der Waals surface area contributed by atoms with Gasteiger partial charge < -0.3 is 10.2 Å². The van der Waals surface area contributed by atoms with E-state index in [1.807, 2.05) is 20.2 Å². The summed E-state index contributed by atoms with van der Waals surface area (Å²) >= 11 is 0. The molecule has 8 heteroatoms. The number of nitrogens with zero attached hydrogens (tertiary/aromatic N) is 6. The van der Waals surface area contributed by atoms with Crippen LogP contribution in [0.4, 0.5) is 5.82 Å². The molecule has 0 bridgehead atoms. The molecule has 1 aliphatic heterocycles. The quantitative estimate of drug-likeness (QED) is 0.885. The molecule has 3 heterocycles. The Labute approximate surface area is 141 Å². The van der Waals surface area contributed by atoms with E-state index in [4.69, 9.17) is 0 Å². The van der Waals surface area contributed by atoms with Crippen molar-refractivity contribution < 1.29 is 4.79 Å². The Bertz CT molecular complexity index is 731. The standard InChI is InChI=1S/C16H25N7O/c1-11-18-15(13-9-17-22(4)16(13)19-11)20-12-5-7-23(8-6-12)10-14(24)21(2)3/h9,12H,5-8,10H2,1-4H3,(H,18,19,20). The van der Waals surface area contributed by atoms with Crippen LogP contribution in [0.5, 0.6) is 0 Å². The van der Waals surface area contributed by atoms with E-state index in [0.717, 1.165) is 48.6 Å². The maximum Gasteiger partial charge on any atom is 0.236 e. The molecule has 1 fully saturated rings. The van der Waals surface area contributed by atoms with Gasteiger partial charge in [0.2, 0.25) is 5.91 Å². The number of hydrogen-bond acceptors (Lipinski definition) is 6. The van der Waals surface area contributed by atoms with Gasteiger partial charge in [-0.25, -0.2) is 9.97 Å². The number of anilines is 1. The molecule has 0 saturated carbocycles. The van der Waals surface area contributed by atoms with Crippen molar-refractivity contribution in [1.82, 2.24) is 29.5 Å². The lowest BCUT2D eigenvalue weighted by atomic mass is 10.0. The summed E-state index contributed by atoms with van der Waals surface area (Å²) in [6, 6.07) is 0.355. The number of likely N-dealkylation sites (N-methyl/N-ethyl adjacent to an activating group) is 1. The van der Waals surface area contributed by atoms with Crippen LogP contribution in [0, 0.1) is 6.92 Å². The number of carbonyl (C=O) groups is 1. The fourth-order valence-corrected chi connectivity index (χ4v) is 3.00. The zero-order valence-electron chi connectivity index (χ0n) is 14.8. The van der Waals surface area contributed by atoms with Gasteiger partial charge in [0.05, 0.1) is 18.1 Å². The van der Waals surface area contributed by atoms with Crippen LogP contribution in [-0.4, -0.2) is 75.2 Å². The Morgan fingerprint density at radius 3 is 2.71 bits per heavy atom. The number of fused-ring (bicyclic) bond motifs is 1. The molecule has 1 amide bonds. The molecule has 3 rings (SSSR count). The third-order valence-corrected chi connectivity index (χ3v) is 4.49. The van der Waals surface area contributed by atoms with E-state index >= 15 is 0 Å². The van der Waals surface area contributed by atoms with Crippen molar-refractivity contribution in [1.29, 1.82) is 0 Å². The minimum atomic E-state index is 0.157. The molecule has 1 saturated heterocycles. The molecule has 0 spiro atoms. The zero-order chi connectivity index (χ0) is 17.3. The fourth-order valence-electron chi connectivity index (χ4n) is 3.00. The second-order valence-corrected chi connectivity index (χ2v) is 6.61. The van der Waals surface area contributed by atoms with E-state index in [2.05, 4.69) is 25.3 Å². The highest BCUT2D eigenvalue weighted by Crippen LogP contribution is 2.22. The lowest BCUT2D eigenvalue weighted by Gasteiger charge is -2.32. The molecule has 1 N–H and O–H groups in total. The second kappa shape index (κ2) is 6.72. The van der Waals surface area contributed by atoms with Crippen molar-refractivity contribution in [3.05, 3.63) is 12.0 Å². The minimum absolute atomic E-state index is 0.157. The third kappa shape index (κ3) is 3.48. The molecule has 0 radical (unpaired) electrons. The predicted octanol–water partition coefficient (Wildman–Crippen LogP) is 0.636. The first-order valence-electron chi connectivity index (χ1n) is 8.29. The zero-order valence-corrected chi connectivity index (χ0v) is 14.8. The van der Waals surface area contributed by atoms with E-state index in [0.29, 0.717) is 12.6 Å². The molecule has 0 aromatic carbocycles. The Morgan fingerprint density at radius 1 is 1.33 bits per heavy atom. The van der Waals surface area contributed by atoms with Gasteiger partial charge in [-0.05, 0) is 19.8 Å². The number of rotatable bonds is 4. The number of aromatic nitrogens is 4. The van der Waals surface area contributed by atoms with Crippen LogP contribution in [0.25, 0.3) is 11.0 Å². The number of piperidine rings is 1. The van der Waals surface area contributed by atoms with Crippen LogP contribution in [0.15, 0.2) is 6.20 Å². The number of amides is 1. The van der Waals surface area contributed by atoms with Gasteiger partial charge in [0.25, 0.3) is 0 Å². The van der Waals surface area contributed by atoms with E-state index in [-0.39, 0.29) is 5.91 Å². The molecular formula is C16H25N7O. The van der Waals surface area contributed by atoms with Gasteiger partial charge in [0.1, 0.15) is 11.6 Å². The van der Waals surface area contributed by atoms with Gasteiger partial charge in [-0.1, -0.05) is 0 Å². The van der Waals surface area contributed by atoms with Crippen LogP contribution >= 0.6 is 0 Å². The highest BCUT2D eigenvalue weighted by Gasteiger charge is 2.22.